The normalized spacial score (nSPS) is 19.3. The van der Waals surface area contributed by atoms with Crippen molar-refractivity contribution in [3.8, 4) is 33.6 Å². The maximum Gasteiger partial charge on any atom is 0.240 e. The van der Waals surface area contributed by atoms with Crippen molar-refractivity contribution >= 4 is 16.7 Å². The molecule has 2 saturated heterocycles. The summed E-state index contributed by atoms with van der Waals surface area (Å²) in [5, 5.41) is 5.65. The Labute approximate surface area is 278 Å². The van der Waals surface area contributed by atoms with Crippen LogP contribution >= 0.6 is 0 Å². The van der Waals surface area contributed by atoms with Gasteiger partial charge in [0.25, 0.3) is 0 Å². The molecule has 7 rings (SSSR count). The summed E-state index contributed by atoms with van der Waals surface area (Å²) in [5.74, 6) is 2.32. The summed E-state index contributed by atoms with van der Waals surface area (Å²) in [6.07, 6.45) is 8.20. The lowest BCUT2D eigenvalue weighted by Gasteiger charge is -2.29. The summed E-state index contributed by atoms with van der Waals surface area (Å²) >= 11 is 0. The van der Waals surface area contributed by atoms with Gasteiger partial charge in [-0.25, -0.2) is 9.97 Å². The summed E-state index contributed by atoms with van der Waals surface area (Å²) in [6.45, 7) is 10.5. The number of likely N-dealkylation sites (N-methyl/N-ethyl adjacent to an activating group) is 1. The van der Waals surface area contributed by atoms with Crippen molar-refractivity contribution in [2.75, 3.05) is 27.2 Å². The number of nitrogens with zero attached hydrogens (tertiary/aromatic N) is 4. The van der Waals surface area contributed by atoms with Crippen LogP contribution in [-0.2, 0) is 4.79 Å². The Bertz CT molecular complexity index is 1920. The molecule has 0 radical (unpaired) electrons. The van der Waals surface area contributed by atoms with Gasteiger partial charge in [-0.15, -0.1) is 0 Å². The number of benzene rings is 3. The average molecular weight is 630 g/mol. The minimum atomic E-state index is -0.187. The Morgan fingerprint density at radius 2 is 1.40 bits per heavy atom. The maximum atomic E-state index is 13.4. The lowest BCUT2D eigenvalue weighted by Crippen LogP contribution is -2.47. The molecule has 3 aromatic carbocycles. The molecule has 0 aliphatic carbocycles. The number of hydrogen-bond acceptors (Lipinski definition) is 5. The molecule has 47 heavy (non-hydrogen) atoms. The number of aromatic nitrogens is 4. The van der Waals surface area contributed by atoms with E-state index >= 15 is 0 Å². The zero-order valence-corrected chi connectivity index (χ0v) is 28.5. The van der Waals surface area contributed by atoms with Crippen molar-refractivity contribution in [2.24, 2.45) is 5.92 Å². The topological polar surface area (TPSA) is 92.9 Å². The van der Waals surface area contributed by atoms with E-state index in [9.17, 15) is 4.79 Å². The smallest absolute Gasteiger partial charge is 0.240 e. The number of fused-ring (bicyclic) bond motifs is 1. The zero-order chi connectivity index (χ0) is 32.8. The highest BCUT2D eigenvalue weighted by Crippen LogP contribution is 2.37. The second-order valence-corrected chi connectivity index (χ2v) is 13.9. The van der Waals surface area contributed by atoms with Crippen LogP contribution in [0, 0.1) is 19.8 Å². The van der Waals surface area contributed by atoms with Gasteiger partial charge < -0.3 is 20.2 Å². The van der Waals surface area contributed by atoms with Crippen LogP contribution in [-0.4, -0.2) is 68.9 Å². The first-order valence-electron chi connectivity index (χ1n) is 17.2. The number of amides is 1. The minimum absolute atomic E-state index is 0.0195. The fourth-order valence-electron chi connectivity index (χ4n) is 7.79. The summed E-state index contributed by atoms with van der Waals surface area (Å²) < 4.78 is 0. The molecule has 2 aromatic heterocycles. The minimum Gasteiger partial charge on any atom is -0.341 e. The number of nitrogens with one attached hydrogen (secondary N) is 3. The van der Waals surface area contributed by atoms with E-state index in [-0.39, 0.29) is 23.9 Å². The monoisotopic (exact) mass is 629 g/mol. The Hall–Kier alpha value is -4.27. The van der Waals surface area contributed by atoms with Crippen LogP contribution < -0.4 is 5.32 Å². The Balaban J connectivity index is 1.11. The number of likely N-dealkylation sites (tertiary alicyclic amines) is 2. The molecule has 3 atom stereocenters. The predicted octanol–water partition coefficient (Wildman–Crippen LogP) is 7.58. The van der Waals surface area contributed by atoms with Gasteiger partial charge in [0, 0.05) is 17.7 Å². The fraction of sp³-hybridized carbons (Fsp3) is 0.410. The molecule has 5 aromatic rings. The summed E-state index contributed by atoms with van der Waals surface area (Å²) in [4.78, 5) is 34.5. The lowest BCUT2D eigenvalue weighted by molar-refractivity contribution is -0.135. The highest BCUT2D eigenvalue weighted by molar-refractivity contribution is 5.91. The van der Waals surface area contributed by atoms with Gasteiger partial charge in [0.15, 0.2) is 0 Å². The summed E-state index contributed by atoms with van der Waals surface area (Å²) in [6, 6.07) is 18.0. The SMILES string of the molecule is CNC(C(=O)N1CCC[C@H]1c1ncc(-c2ccc(-c3ccc4cc(-c5cnc(C6CCCN6C)[nH]5)ccc4c3)c(C)c2C)[nH]1)C(C)C. The van der Waals surface area contributed by atoms with Crippen molar-refractivity contribution in [2.45, 2.75) is 71.5 Å². The van der Waals surface area contributed by atoms with Crippen LogP contribution in [0.25, 0.3) is 44.4 Å². The van der Waals surface area contributed by atoms with E-state index in [2.05, 4.69) is 103 Å². The van der Waals surface area contributed by atoms with Crippen molar-refractivity contribution in [1.29, 1.82) is 0 Å². The largest absolute Gasteiger partial charge is 0.341 e. The number of hydrogen-bond donors (Lipinski definition) is 3. The quantitative estimate of drug-likeness (QED) is 0.165. The van der Waals surface area contributed by atoms with Gasteiger partial charge >= 0.3 is 0 Å². The Morgan fingerprint density at radius 3 is 2.11 bits per heavy atom. The van der Waals surface area contributed by atoms with E-state index in [1.807, 2.05) is 24.3 Å². The van der Waals surface area contributed by atoms with Gasteiger partial charge in [-0.1, -0.05) is 50.2 Å². The third-order valence-corrected chi connectivity index (χ3v) is 10.7. The summed E-state index contributed by atoms with van der Waals surface area (Å²) in [7, 11) is 4.05. The van der Waals surface area contributed by atoms with Crippen LogP contribution in [0.4, 0.5) is 0 Å². The van der Waals surface area contributed by atoms with Crippen LogP contribution in [0.1, 0.15) is 74.4 Å². The third kappa shape index (κ3) is 5.78. The van der Waals surface area contributed by atoms with Crippen LogP contribution in [0.15, 0.2) is 60.9 Å². The van der Waals surface area contributed by atoms with Crippen molar-refractivity contribution in [3.63, 3.8) is 0 Å². The molecule has 8 nitrogen and oxygen atoms in total. The molecule has 2 aliphatic heterocycles. The highest BCUT2D eigenvalue weighted by atomic mass is 16.2. The third-order valence-electron chi connectivity index (χ3n) is 10.7. The molecule has 0 bridgehead atoms. The highest BCUT2D eigenvalue weighted by Gasteiger charge is 2.36. The van der Waals surface area contributed by atoms with Gasteiger partial charge in [-0.05, 0) is 111 Å². The Morgan fingerprint density at radius 1 is 0.809 bits per heavy atom. The average Bonchev–Trinajstić information content (AvgIpc) is 3.89. The van der Waals surface area contributed by atoms with Crippen LogP contribution in [0.5, 0.6) is 0 Å². The molecular formula is C39H47N7O. The molecule has 244 valence electrons. The van der Waals surface area contributed by atoms with Gasteiger partial charge in [0.05, 0.1) is 41.9 Å². The van der Waals surface area contributed by atoms with Gasteiger partial charge in [-0.2, -0.15) is 0 Å². The number of carbonyl (C=O) groups excluding carboxylic acids is 1. The first-order chi connectivity index (χ1) is 22.7. The van der Waals surface area contributed by atoms with Gasteiger partial charge in [-0.3, -0.25) is 9.69 Å². The lowest BCUT2D eigenvalue weighted by atomic mass is 9.91. The van der Waals surface area contributed by atoms with E-state index in [1.165, 1.54) is 39.4 Å². The fourth-order valence-corrected chi connectivity index (χ4v) is 7.79. The molecule has 3 N–H and O–H groups in total. The van der Waals surface area contributed by atoms with E-state index in [0.29, 0.717) is 6.04 Å². The van der Waals surface area contributed by atoms with Crippen molar-refractivity contribution in [1.82, 2.24) is 35.1 Å². The van der Waals surface area contributed by atoms with Crippen molar-refractivity contribution < 1.29 is 4.79 Å². The van der Waals surface area contributed by atoms with E-state index in [1.54, 1.807) is 0 Å². The first kappa shape index (κ1) is 31.3. The molecule has 2 aliphatic rings. The molecule has 0 spiro atoms. The maximum absolute atomic E-state index is 13.4. The zero-order valence-electron chi connectivity index (χ0n) is 28.5. The predicted molar refractivity (Wildman–Crippen MR) is 190 cm³/mol. The van der Waals surface area contributed by atoms with E-state index in [4.69, 9.17) is 9.97 Å². The summed E-state index contributed by atoms with van der Waals surface area (Å²) in [5.41, 5.74) is 9.29. The first-order valence-corrected chi connectivity index (χ1v) is 17.2. The number of aromatic amines is 2. The van der Waals surface area contributed by atoms with Crippen LogP contribution in [0.3, 0.4) is 0 Å². The number of H-pyrrole nitrogens is 2. The molecule has 2 unspecified atom stereocenters. The second kappa shape index (κ2) is 12.7. The molecule has 1 amide bonds. The Kier molecular flexibility index (Phi) is 8.49. The van der Waals surface area contributed by atoms with E-state index in [0.717, 1.165) is 66.5 Å². The number of rotatable bonds is 8. The molecule has 8 heteroatoms. The van der Waals surface area contributed by atoms with Gasteiger partial charge in [0.2, 0.25) is 5.91 Å². The number of imidazole rings is 2. The molecule has 0 saturated carbocycles. The number of carbonyl (C=O) groups is 1. The van der Waals surface area contributed by atoms with Gasteiger partial charge in [0.1, 0.15) is 11.6 Å². The molecular weight excluding hydrogens is 582 g/mol. The van der Waals surface area contributed by atoms with E-state index < -0.39 is 0 Å². The molecule has 2 fully saturated rings. The van der Waals surface area contributed by atoms with Crippen LogP contribution in [0.2, 0.25) is 0 Å². The molecule has 4 heterocycles. The van der Waals surface area contributed by atoms with Crippen molar-refractivity contribution in [3.05, 3.63) is 83.7 Å². The standard InChI is InChI=1S/C39H47N7O/c1-23(2)36(40-5)39(47)46-18-8-10-35(46)38-42-22-33(44-38)31-16-15-30(24(3)25(31)4)28-13-11-27-20-29(14-12-26(27)19-28)32-21-41-37(43-32)34-9-7-17-45(34)6/h11-16,19-23,34-36,40H,7-10,17-18H2,1-6H3,(H,41,43)(H,42,44)/t34?,35-,36?/m0/s1. The second-order valence-electron chi connectivity index (χ2n) is 13.9.